The van der Waals surface area contributed by atoms with E-state index < -0.39 is 0 Å². The Kier molecular flexibility index (Phi) is 6.10. The lowest BCUT2D eigenvalue weighted by atomic mass is 10.0. The molecule has 2 aliphatic heterocycles. The highest BCUT2D eigenvalue weighted by Gasteiger charge is 2.22. The van der Waals surface area contributed by atoms with E-state index in [1.807, 2.05) is 17.9 Å². The number of hydrogen-bond acceptors (Lipinski definition) is 6. The molecule has 0 saturated carbocycles. The molecular formula is C21H33N7. The van der Waals surface area contributed by atoms with Crippen molar-refractivity contribution in [1.29, 1.82) is 0 Å². The van der Waals surface area contributed by atoms with Gasteiger partial charge in [-0.15, -0.1) is 0 Å². The third-order valence-corrected chi connectivity index (χ3v) is 5.93. The van der Waals surface area contributed by atoms with Crippen molar-refractivity contribution in [3.63, 3.8) is 0 Å². The Balaban J connectivity index is 1.36. The quantitative estimate of drug-likeness (QED) is 0.827. The predicted octanol–water partition coefficient (Wildman–Crippen LogP) is 2.52. The van der Waals surface area contributed by atoms with Gasteiger partial charge in [-0.25, -0.2) is 4.98 Å². The maximum Gasteiger partial charge on any atom is 0.227 e. The standard InChI is InChI=1S/C21H33N7/c1-3-18-13-20(25-21(24-18)28-9-5-4-6-10-28)27-11-7-19(8-12-27)22-14-17-15-23-26(2)16-17/h13,15-16,19,22H,3-12,14H2,1-2H3. The highest BCUT2D eigenvalue weighted by atomic mass is 15.3. The number of piperidine rings is 2. The summed E-state index contributed by atoms with van der Waals surface area (Å²) in [5, 5.41) is 7.93. The average molecular weight is 384 g/mol. The highest BCUT2D eigenvalue weighted by Crippen LogP contribution is 2.24. The molecule has 4 heterocycles. The molecule has 0 spiro atoms. The first kappa shape index (κ1) is 19.2. The molecular weight excluding hydrogens is 350 g/mol. The fraction of sp³-hybridized carbons (Fsp3) is 0.667. The van der Waals surface area contributed by atoms with Gasteiger partial charge in [-0.05, 0) is 38.5 Å². The van der Waals surface area contributed by atoms with Gasteiger partial charge in [0.05, 0.1) is 6.20 Å². The van der Waals surface area contributed by atoms with Crippen molar-refractivity contribution in [1.82, 2.24) is 25.1 Å². The smallest absolute Gasteiger partial charge is 0.227 e. The van der Waals surface area contributed by atoms with Crippen LogP contribution in [0.3, 0.4) is 0 Å². The SMILES string of the molecule is CCc1cc(N2CCC(NCc3cnn(C)c3)CC2)nc(N2CCCCC2)n1. The molecule has 7 heteroatoms. The molecule has 0 aliphatic carbocycles. The van der Waals surface area contributed by atoms with Crippen molar-refractivity contribution in [2.24, 2.45) is 7.05 Å². The van der Waals surface area contributed by atoms with Gasteiger partial charge in [-0.2, -0.15) is 10.1 Å². The van der Waals surface area contributed by atoms with Gasteiger partial charge < -0.3 is 15.1 Å². The van der Waals surface area contributed by atoms with E-state index in [9.17, 15) is 0 Å². The second kappa shape index (κ2) is 8.90. The zero-order valence-corrected chi connectivity index (χ0v) is 17.3. The van der Waals surface area contributed by atoms with Gasteiger partial charge in [0.1, 0.15) is 5.82 Å². The summed E-state index contributed by atoms with van der Waals surface area (Å²) in [5.74, 6) is 2.05. The van der Waals surface area contributed by atoms with E-state index in [1.165, 1.54) is 24.8 Å². The van der Waals surface area contributed by atoms with Gasteiger partial charge >= 0.3 is 0 Å². The topological polar surface area (TPSA) is 62.1 Å². The maximum absolute atomic E-state index is 4.96. The third kappa shape index (κ3) is 4.63. The molecule has 2 fully saturated rings. The molecule has 0 amide bonds. The van der Waals surface area contributed by atoms with Crippen molar-refractivity contribution in [2.75, 3.05) is 36.0 Å². The number of nitrogens with zero attached hydrogens (tertiary/aromatic N) is 6. The van der Waals surface area contributed by atoms with Gasteiger partial charge in [-0.1, -0.05) is 6.92 Å². The number of anilines is 2. The van der Waals surface area contributed by atoms with Crippen LogP contribution in [0.4, 0.5) is 11.8 Å². The molecule has 0 aromatic carbocycles. The van der Waals surface area contributed by atoms with Gasteiger partial charge in [0, 0.05) is 69.3 Å². The molecule has 0 bridgehead atoms. The van der Waals surface area contributed by atoms with Gasteiger partial charge in [0.15, 0.2) is 0 Å². The lowest BCUT2D eigenvalue weighted by Gasteiger charge is -2.34. The van der Waals surface area contributed by atoms with Crippen LogP contribution in [0.25, 0.3) is 0 Å². The summed E-state index contributed by atoms with van der Waals surface area (Å²) in [6.45, 7) is 7.35. The molecule has 1 N–H and O–H groups in total. The molecule has 2 aromatic heterocycles. The van der Waals surface area contributed by atoms with Crippen LogP contribution in [0, 0.1) is 0 Å². The largest absolute Gasteiger partial charge is 0.356 e. The Morgan fingerprint density at radius 1 is 1.04 bits per heavy atom. The van der Waals surface area contributed by atoms with E-state index in [2.05, 4.69) is 39.4 Å². The van der Waals surface area contributed by atoms with Gasteiger partial charge in [-0.3, -0.25) is 4.68 Å². The lowest BCUT2D eigenvalue weighted by Crippen LogP contribution is -2.42. The van der Waals surface area contributed by atoms with Crippen molar-refractivity contribution in [2.45, 2.75) is 58.0 Å². The van der Waals surface area contributed by atoms with Gasteiger partial charge in [0.25, 0.3) is 0 Å². The Hall–Kier alpha value is -2.15. The molecule has 2 saturated heterocycles. The summed E-state index contributed by atoms with van der Waals surface area (Å²) < 4.78 is 1.86. The lowest BCUT2D eigenvalue weighted by molar-refractivity contribution is 0.412. The Bertz CT molecular complexity index is 758. The van der Waals surface area contributed by atoms with Crippen molar-refractivity contribution < 1.29 is 0 Å². The Morgan fingerprint density at radius 3 is 2.50 bits per heavy atom. The van der Waals surface area contributed by atoms with E-state index in [-0.39, 0.29) is 0 Å². The number of rotatable bonds is 6. The van der Waals surface area contributed by atoms with Crippen molar-refractivity contribution in [3.8, 4) is 0 Å². The molecule has 152 valence electrons. The summed E-state index contributed by atoms with van der Waals surface area (Å²) in [5.41, 5.74) is 2.40. The Labute approximate surface area is 168 Å². The summed E-state index contributed by atoms with van der Waals surface area (Å²) >= 11 is 0. The zero-order chi connectivity index (χ0) is 19.3. The normalized spacial score (nSPS) is 18.6. The molecule has 0 atom stereocenters. The van der Waals surface area contributed by atoms with Crippen molar-refractivity contribution >= 4 is 11.8 Å². The van der Waals surface area contributed by atoms with Crippen LogP contribution in [0.2, 0.25) is 0 Å². The maximum atomic E-state index is 4.96. The molecule has 2 aromatic rings. The van der Waals surface area contributed by atoms with Crippen LogP contribution in [0.15, 0.2) is 18.5 Å². The van der Waals surface area contributed by atoms with Crippen LogP contribution in [-0.2, 0) is 20.0 Å². The predicted molar refractivity (Wildman–Crippen MR) is 113 cm³/mol. The highest BCUT2D eigenvalue weighted by molar-refractivity contribution is 5.46. The summed E-state index contributed by atoms with van der Waals surface area (Å²) in [4.78, 5) is 14.6. The first-order valence-electron chi connectivity index (χ1n) is 10.8. The van der Waals surface area contributed by atoms with Gasteiger partial charge in [0.2, 0.25) is 5.95 Å². The summed E-state index contributed by atoms with van der Waals surface area (Å²) in [6, 6.07) is 2.75. The first-order chi connectivity index (χ1) is 13.7. The van der Waals surface area contributed by atoms with E-state index in [1.54, 1.807) is 0 Å². The zero-order valence-electron chi connectivity index (χ0n) is 17.3. The van der Waals surface area contributed by atoms with Crippen LogP contribution in [-0.4, -0.2) is 52.0 Å². The van der Waals surface area contributed by atoms with Crippen molar-refractivity contribution in [3.05, 3.63) is 29.7 Å². The number of aromatic nitrogens is 4. The minimum Gasteiger partial charge on any atom is -0.356 e. The number of hydrogen-bond donors (Lipinski definition) is 1. The van der Waals surface area contributed by atoms with Crippen LogP contribution in [0.5, 0.6) is 0 Å². The second-order valence-corrected chi connectivity index (χ2v) is 8.08. The summed E-state index contributed by atoms with van der Waals surface area (Å²) in [6.07, 6.45) is 11.1. The Morgan fingerprint density at radius 2 is 1.82 bits per heavy atom. The van der Waals surface area contributed by atoms with Crippen LogP contribution < -0.4 is 15.1 Å². The van der Waals surface area contributed by atoms with E-state index >= 15 is 0 Å². The first-order valence-corrected chi connectivity index (χ1v) is 10.8. The van der Waals surface area contributed by atoms with Crippen LogP contribution >= 0.6 is 0 Å². The molecule has 28 heavy (non-hydrogen) atoms. The third-order valence-electron chi connectivity index (χ3n) is 5.93. The fourth-order valence-corrected chi connectivity index (χ4v) is 4.19. The molecule has 2 aliphatic rings. The molecule has 4 rings (SSSR count). The average Bonchev–Trinajstić information content (AvgIpc) is 3.18. The van der Waals surface area contributed by atoms with E-state index in [4.69, 9.17) is 9.97 Å². The minimum atomic E-state index is 0.561. The number of aryl methyl sites for hydroxylation is 2. The monoisotopic (exact) mass is 383 g/mol. The van der Waals surface area contributed by atoms with E-state index in [0.717, 1.165) is 69.4 Å². The number of nitrogens with one attached hydrogen (secondary N) is 1. The van der Waals surface area contributed by atoms with Crippen LogP contribution in [0.1, 0.15) is 50.3 Å². The minimum absolute atomic E-state index is 0.561. The summed E-state index contributed by atoms with van der Waals surface area (Å²) in [7, 11) is 1.96. The molecule has 0 unspecified atom stereocenters. The second-order valence-electron chi connectivity index (χ2n) is 8.08. The molecule has 7 nitrogen and oxygen atoms in total. The van der Waals surface area contributed by atoms with E-state index in [0.29, 0.717) is 6.04 Å². The molecule has 0 radical (unpaired) electrons. The fourth-order valence-electron chi connectivity index (χ4n) is 4.19.